The summed E-state index contributed by atoms with van der Waals surface area (Å²) in [4.78, 5) is 24.0. The number of rotatable bonds is 4. The molecule has 0 spiro atoms. The molecule has 0 saturated heterocycles. The summed E-state index contributed by atoms with van der Waals surface area (Å²) in [5.41, 5.74) is 3.59. The van der Waals surface area contributed by atoms with Gasteiger partial charge in [-0.25, -0.2) is 4.98 Å². The molecule has 0 saturated carbocycles. The summed E-state index contributed by atoms with van der Waals surface area (Å²) in [5.74, 6) is 0.302. The molecule has 0 amide bonds. The molecule has 0 aliphatic carbocycles. The maximum Gasteiger partial charge on any atom is 0.317 e. The van der Waals surface area contributed by atoms with Crippen LogP contribution in [0.15, 0.2) is 88.4 Å². The molecule has 6 rings (SSSR count). The number of Topliss-reactive ketones (excluding diaryl/α,β-unsaturated/α-hetero) is 1. The van der Waals surface area contributed by atoms with Gasteiger partial charge in [-0.1, -0.05) is 65.8 Å². The van der Waals surface area contributed by atoms with Crippen molar-refractivity contribution in [1.29, 1.82) is 0 Å². The van der Waals surface area contributed by atoms with Gasteiger partial charge in [0, 0.05) is 29.1 Å². The Morgan fingerprint density at radius 2 is 1.82 bits per heavy atom. The summed E-state index contributed by atoms with van der Waals surface area (Å²) in [5, 5.41) is 12.3. The quantitative estimate of drug-likeness (QED) is 0.424. The standard InChI is InChI=1S/C25H17N5O2S/c31-19-13-16-9-4-5-11-18(16)21(15-7-2-1-3-8-15)27-22(19)28-25-30-29-23(32-25)20-14-17-10-6-12-26-24(17)33-20/h1-12,14,22H,13H2,(H,28,30)/t22-/m1/s1. The third-order valence-electron chi connectivity index (χ3n) is 5.44. The zero-order valence-corrected chi connectivity index (χ0v) is 18.1. The molecule has 0 unspecified atom stereocenters. The van der Waals surface area contributed by atoms with E-state index in [2.05, 4.69) is 20.5 Å². The number of aromatic nitrogens is 3. The molecule has 0 fully saturated rings. The Hall–Kier alpha value is -4.17. The second-order valence-corrected chi connectivity index (χ2v) is 8.64. The number of anilines is 1. The molecule has 1 atom stereocenters. The molecule has 1 aliphatic heterocycles. The van der Waals surface area contributed by atoms with Crippen LogP contribution in [0.25, 0.3) is 21.0 Å². The second-order valence-electron chi connectivity index (χ2n) is 7.61. The fraction of sp³-hybridized carbons (Fsp3) is 0.0800. The second kappa shape index (κ2) is 8.07. The Bertz CT molecular complexity index is 1470. The fourth-order valence-electron chi connectivity index (χ4n) is 3.88. The van der Waals surface area contributed by atoms with Crippen LogP contribution in [0.2, 0.25) is 0 Å². The van der Waals surface area contributed by atoms with Crippen molar-refractivity contribution in [2.24, 2.45) is 4.99 Å². The van der Waals surface area contributed by atoms with Crippen molar-refractivity contribution in [2.45, 2.75) is 12.6 Å². The molecule has 0 bridgehead atoms. The molecule has 2 aromatic carbocycles. The fourth-order valence-corrected chi connectivity index (χ4v) is 4.80. The monoisotopic (exact) mass is 451 g/mol. The van der Waals surface area contributed by atoms with Crippen LogP contribution in [0.5, 0.6) is 0 Å². The van der Waals surface area contributed by atoms with E-state index >= 15 is 0 Å². The number of hydrogen-bond acceptors (Lipinski definition) is 8. The van der Waals surface area contributed by atoms with Crippen LogP contribution in [0, 0.1) is 0 Å². The van der Waals surface area contributed by atoms with Crippen LogP contribution in [-0.2, 0) is 11.2 Å². The summed E-state index contributed by atoms with van der Waals surface area (Å²) < 4.78 is 5.84. The highest BCUT2D eigenvalue weighted by molar-refractivity contribution is 7.21. The first-order chi connectivity index (χ1) is 16.2. The van der Waals surface area contributed by atoms with E-state index in [0.717, 1.165) is 37.5 Å². The molecule has 1 N–H and O–H groups in total. The minimum atomic E-state index is -0.843. The Morgan fingerprint density at radius 1 is 0.970 bits per heavy atom. The summed E-state index contributed by atoms with van der Waals surface area (Å²) in [6.45, 7) is 0. The van der Waals surface area contributed by atoms with E-state index in [-0.39, 0.29) is 18.2 Å². The number of carbonyl (C=O) groups is 1. The molecule has 8 heteroatoms. The van der Waals surface area contributed by atoms with Gasteiger partial charge in [-0.05, 0) is 17.7 Å². The normalized spacial score (nSPS) is 15.7. The number of aliphatic imine (C=N–C) groups is 1. The number of nitrogens with zero attached hydrogens (tertiary/aromatic N) is 4. The summed E-state index contributed by atoms with van der Waals surface area (Å²) in [6, 6.07) is 23.7. The van der Waals surface area contributed by atoms with Crippen molar-refractivity contribution < 1.29 is 9.21 Å². The Balaban J connectivity index is 1.35. The molecule has 5 aromatic rings. The Morgan fingerprint density at radius 3 is 2.70 bits per heavy atom. The summed E-state index contributed by atoms with van der Waals surface area (Å²) >= 11 is 1.47. The average molecular weight is 452 g/mol. The zero-order chi connectivity index (χ0) is 22.2. The van der Waals surface area contributed by atoms with Gasteiger partial charge >= 0.3 is 6.01 Å². The lowest BCUT2D eigenvalue weighted by molar-refractivity contribution is -0.119. The molecular weight excluding hydrogens is 434 g/mol. The highest BCUT2D eigenvalue weighted by Crippen LogP contribution is 2.32. The predicted octanol–water partition coefficient (Wildman–Crippen LogP) is 4.75. The smallest absolute Gasteiger partial charge is 0.317 e. The molecule has 3 aromatic heterocycles. The third-order valence-corrected chi connectivity index (χ3v) is 6.48. The van der Waals surface area contributed by atoms with E-state index < -0.39 is 6.17 Å². The van der Waals surface area contributed by atoms with Gasteiger partial charge < -0.3 is 9.73 Å². The Kier molecular flexibility index (Phi) is 4.77. The SMILES string of the molecule is O=C1Cc2ccccc2C(c2ccccc2)=N[C@@H]1Nc1nnc(-c2cc3cccnc3s2)o1. The summed E-state index contributed by atoms with van der Waals surface area (Å²) in [6.07, 6.45) is 1.17. The number of thiophene rings is 1. The minimum Gasteiger partial charge on any atom is -0.402 e. The van der Waals surface area contributed by atoms with Gasteiger partial charge in [0.2, 0.25) is 0 Å². The average Bonchev–Trinajstić information content (AvgIpc) is 3.46. The lowest BCUT2D eigenvalue weighted by Crippen LogP contribution is -2.29. The number of fused-ring (bicyclic) bond motifs is 2. The van der Waals surface area contributed by atoms with Gasteiger partial charge in [0.15, 0.2) is 11.9 Å². The molecule has 33 heavy (non-hydrogen) atoms. The van der Waals surface area contributed by atoms with Crippen molar-refractivity contribution in [1.82, 2.24) is 15.2 Å². The van der Waals surface area contributed by atoms with Gasteiger partial charge in [-0.2, -0.15) is 0 Å². The van der Waals surface area contributed by atoms with Crippen molar-refractivity contribution in [3.05, 3.63) is 95.7 Å². The Labute approximate surface area is 192 Å². The largest absolute Gasteiger partial charge is 0.402 e. The van der Waals surface area contributed by atoms with E-state index in [4.69, 9.17) is 9.41 Å². The number of nitrogens with one attached hydrogen (secondary N) is 1. The molecular formula is C25H17N5O2S. The van der Waals surface area contributed by atoms with Crippen molar-refractivity contribution >= 4 is 39.1 Å². The van der Waals surface area contributed by atoms with E-state index in [1.165, 1.54) is 11.3 Å². The van der Waals surface area contributed by atoms with Gasteiger partial charge in [-0.3, -0.25) is 9.79 Å². The third kappa shape index (κ3) is 3.70. The van der Waals surface area contributed by atoms with Gasteiger partial charge in [0.05, 0.1) is 10.6 Å². The molecule has 4 heterocycles. The van der Waals surface area contributed by atoms with E-state index in [0.29, 0.717) is 5.89 Å². The van der Waals surface area contributed by atoms with Crippen LogP contribution in [0.1, 0.15) is 16.7 Å². The topological polar surface area (TPSA) is 93.3 Å². The van der Waals surface area contributed by atoms with Crippen LogP contribution < -0.4 is 5.32 Å². The molecule has 160 valence electrons. The number of hydrogen-bond donors (Lipinski definition) is 1. The van der Waals surface area contributed by atoms with Gasteiger partial charge in [0.1, 0.15) is 4.83 Å². The minimum absolute atomic E-state index is 0.0702. The zero-order valence-electron chi connectivity index (χ0n) is 17.3. The predicted molar refractivity (Wildman–Crippen MR) is 128 cm³/mol. The first-order valence-electron chi connectivity index (χ1n) is 10.4. The van der Waals surface area contributed by atoms with Gasteiger partial charge in [0.25, 0.3) is 5.89 Å². The van der Waals surface area contributed by atoms with Crippen LogP contribution in [0.4, 0.5) is 6.01 Å². The van der Waals surface area contributed by atoms with Crippen LogP contribution in [-0.4, -0.2) is 32.8 Å². The first-order valence-corrected chi connectivity index (χ1v) is 11.3. The maximum atomic E-state index is 13.1. The maximum absolute atomic E-state index is 13.1. The van der Waals surface area contributed by atoms with Crippen molar-refractivity contribution in [3.63, 3.8) is 0 Å². The highest BCUT2D eigenvalue weighted by atomic mass is 32.1. The number of ketones is 1. The van der Waals surface area contributed by atoms with Crippen LogP contribution >= 0.6 is 11.3 Å². The number of pyridine rings is 1. The molecule has 1 aliphatic rings. The van der Waals surface area contributed by atoms with Crippen LogP contribution in [0.3, 0.4) is 0 Å². The van der Waals surface area contributed by atoms with Crippen molar-refractivity contribution in [3.8, 4) is 10.8 Å². The lowest BCUT2D eigenvalue weighted by atomic mass is 9.96. The summed E-state index contributed by atoms with van der Waals surface area (Å²) in [7, 11) is 0. The van der Waals surface area contributed by atoms with Crippen molar-refractivity contribution in [2.75, 3.05) is 5.32 Å². The molecule has 0 radical (unpaired) electrons. The van der Waals surface area contributed by atoms with Gasteiger partial charge in [-0.15, -0.1) is 16.4 Å². The molecule has 7 nitrogen and oxygen atoms in total. The van der Waals surface area contributed by atoms with E-state index in [1.54, 1.807) is 6.20 Å². The number of carbonyl (C=O) groups excluding carboxylic acids is 1. The van der Waals surface area contributed by atoms with E-state index in [9.17, 15) is 4.79 Å². The number of benzene rings is 2. The highest BCUT2D eigenvalue weighted by Gasteiger charge is 2.27. The first kappa shape index (κ1) is 19.5. The lowest BCUT2D eigenvalue weighted by Gasteiger charge is -2.11. The van der Waals surface area contributed by atoms with E-state index in [1.807, 2.05) is 72.8 Å².